The third kappa shape index (κ3) is 4.98. The SMILES string of the molecule is C=C(CN(C)C(CC)CC)C(=O)OCC. The molecule has 0 aliphatic carbocycles. The van der Waals surface area contributed by atoms with Crippen molar-refractivity contribution in [2.24, 2.45) is 0 Å². The number of carbonyl (C=O) groups excluding carboxylic acids is 1. The summed E-state index contributed by atoms with van der Waals surface area (Å²) in [5.41, 5.74) is 0.534. The molecule has 15 heavy (non-hydrogen) atoms. The van der Waals surface area contributed by atoms with E-state index in [1.165, 1.54) is 0 Å². The Morgan fingerprint density at radius 3 is 2.27 bits per heavy atom. The monoisotopic (exact) mass is 213 g/mol. The number of nitrogens with zero attached hydrogens (tertiary/aromatic N) is 1. The lowest BCUT2D eigenvalue weighted by Crippen LogP contribution is -2.33. The van der Waals surface area contributed by atoms with Gasteiger partial charge in [0.25, 0.3) is 0 Å². The second-order valence-electron chi connectivity index (χ2n) is 3.71. The molecule has 0 amide bonds. The molecular formula is C12H23NO2. The van der Waals surface area contributed by atoms with Gasteiger partial charge in [0, 0.05) is 18.2 Å². The molecule has 0 atom stereocenters. The van der Waals surface area contributed by atoms with E-state index in [2.05, 4.69) is 25.3 Å². The van der Waals surface area contributed by atoms with Crippen molar-refractivity contribution in [1.29, 1.82) is 0 Å². The van der Waals surface area contributed by atoms with Gasteiger partial charge in [-0.3, -0.25) is 4.90 Å². The molecule has 0 fully saturated rings. The Bertz CT molecular complexity index is 210. The van der Waals surface area contributed by atoms with Crippen LogP contribution in [0.15, 0.2) is 12.2 Å². The number of ether oxygens (including phenoxy) is 1. The number of hydrogen-bond donors (Lipinski definition) is 0. The number of likely N-dealkylation sites (N-methyl/N-ethyl adjacent to an activating group) is 1. The maximum Gasteiger partial charge on any atom is 0.334 e. The van der Waals surface area contributed by atoms with Crippen molar-refractivity contribution in [3.05, 3.63) is 12.2 Å². The Hall–Kier alpha value is -0.830. The molecule has 3 nitrogen and oxygen atoms in total. The molecule has 0 aromatic heterocycles. The predicted molar refractivity (Wildman–Crippen MR) is 62.8 cm³/mol. The van der Waals surface area contributed by atoms with E-state index >= 15 is 0 Å². The van der Waals surface area contributed by atoms with Gasteiger partial charge in [-0.2, -0.15) is 0 Å². The largest absolute Gasteiger partial charge is 0.463 e. The predicted octanol–water partition coefficient (Wildman–Crippen LogP) is 2.23. The summed E-state index contributed by atoms with van der Waals surface area (Å²) in [4.78, 5) is 13.5. The highest BCUT2D eigenvalue weighted by Gasteiger charge is 2.15. The molecule has 0 aliphatic rings. The summed E-state index contributed by atoms with van der Waals surface area (Å²) < 4.78 is 4.89. The summed E-state index contributed by atoms with van der Waals surface area (Å²) in [6.07, 6.45) is 2.17. The Balaban J connectivity index is 4.10. The van der Waals surface area contributed by atoms with Gasteiger partial charge in [-0.25, -0.2) is 4.79 Å². The van der Waals surface area contributed by atoms with Gasteiger partial charge in [0.05, 0.1) is 6.61 Å². The highest BCUT2D eigenvalue weighted by molar-refractivity contribution is 5.88. The quantitative estimate of drug-likeness (QED) is 0.480. The third-order valence-electron chi connectivity index (χ3n) is 2.57. The average Bonchev–Trinajstić information content (AvgIpc) is 2.19. The normalized spacial score (nSPS) is 10.8. The molecule has 3 heteroatoms. The zero-order valence-corrected chi connectivity index (χ0v) is 10.4. The second kappa shape index (κ2) is 7.46. The molecule has 0 aromatic rings. The van der Waals surface area contributed by atoms with Crippen LogP contribution in [0.4, 0.5) is 0 Å². The molecule has 0 heterocycles. The standard InChI is InChI=1S/C12H23NO2/c1-6-11(7-2)13(5)9-10(4)12(14)15-8-3/h11H,4,6-9H2,1-3,5H3. The number of rotatable bonds is 7. The molecule has 0 saturated heterocycles. The lowest BCUT2D eigenvalue weighted by Gasteiger charge is -2.26. The van der Waals surface area contributed by atoms with Crippen molar-refractivity contribution >= 4 is 5.97 Å². The molecule has 0 saturated carbocycles. The van der Waals surface area contributed by atoms with E-state index in [1.54, 1.807) is 6.92 Å². The van der Waals surface area contributed by atoms with Crippen molar-refractivity contribution in [1.82, 2.24) is 4.90 Å². The van der Waals surface area contributed by atoms with Crippen LogP contribution >= 0.6 is 0 Å². The average molecular weight is 213 g/mol. The maximum atomic E-state index is 11.3. The Labute approximate surface area is 93.1 Å². The van der Waals surface area contributed by atoms with Crippen molar-refractivity contribution in [3.8, 4) is 0 Å². The van der Waals surface area contributed by atoms with Crippen LogP contribution in [0.2, 0.25) is 0 Å². The minimum absolute atomic E-state index is 0.282. The zero-order valence-electron chi connectivity index (χ0n) is 10.4. The van der Waals surface area contributed by atoms with Gasteiger partial charge in [0.15, 0.2) is 0 Å². The minimum Gasteiger partial charge on any atom is -0.463 e. The lowest BCUT2D eigenvalue weighted by molar-refractivity contribution is -0.138. The third-order valence-corrected chi connectivity index (χ3v) is 2.57. The van der Waals surface area contributed by atoms with Gasteiger partial charge in [-0.05, 0) is 26.8 Å². The number of hydrogen-bond acceptors (Lipinski definition) is 3. The van der Waals surface area contributed by atoms with E-state index < -0.39 is 0 Å². The highest BCUT2D eigenvalue weighted by atomic mass is 16.5. The summed E-state index contributed by atoms with van der Waals surface area (Å²) in [6.45, 7) is 10.8. The lowest BCUT2D eigenvalue weighted by atomic mass is 10.1. The van der Waals surface area contributed by atoms with Gasteiger partial charge < -0.3 is 4.74 Å². The smallest absolute Gasteiger partial charge is 0.334 e. The fraction of sp³-hybridized carbons (Fsp3) is 0.750. The Morgan fingerprint density at radius 1 is 1.33 bits per heavy atom. The summed E-state index contributed by atoms with van der Waals surface area (Å²) in [5, 5.41) is 0. The molecular weight excluding hydrogens is 190 g/mol. The first-order chi connectivity index (χ1) is 7.06. The van der Waals surface area contributed by atoms with Crippen LogP contribution in [0.3, 0.4) is 0 Å². The molecule has 0 N–H and O–H groups in total. The van der Waals surface area contributed by atoms with Crippen LogP contribution in [0.5, 0.6) is 0 Å². The first kappa shape index (κ1) is 14.2. The van der Waals surface area contributed by atoms with Gasteiger partial charge in [0.1, 0.15) is 0 Å². The summed E-state index contributed by atoms with van der Waals surface area (Å²) >= 11 is 0. The fourth-order valence-corrected chi connectivity index (χ4v) is 1.64. The first-order valence-corrected chi connectivity index (χ1v) is 5.61. The highest BCUT2D eigenvalue weighted by Crippen LogP contribution is 2.08. The van der Waals surface area contributed by atoms with E-state index in [0.29, 0.717) is 24.8 Å². The van der Waals surface area contributed by atoms with Crippen LogP contribution in [0, 0.1) is 0 Å². The van der Waals surface area contributed by atoms with Crippen molar-refractivity contribution in [3.63, 3.8) is 0 Å². The molecule has 0 radical (unpaired) electrons. The molecule has 88 valence electrons. The van der Waals surface area contributed by atoms with Gasteiger partial charge in [0.2, 0.25) is 0 Å². The number of carbonyl (C=O) groups is 1. The summed E-state index contributed by atoms with van der Waals surface area (Å²) in [7, 11) is 2.02. The molecule has 0 bridgehead atoms. The van der Waals surface area contributed by atoms with E-state index in [4.69, 9.17) is 4.74 Å². The van der Waals surface area contributed by atoms with E-state index in [-0.39, 0.29) is 5.97 Å². The van der Waals surface area contributed by atoms with Crippen LogP contribution in [-0.2, 0) is 9.53 Å². The maximum absolute atomic E-state index is 11.3. The molecule has 0 spiro atoms. The zero-order chi connectivity index (χ0) is 11.8. The van der Waals surface area contributed by atoms with Crippen LogP contribution < -0.4 is 0 Å². The Morgan fingerprint density at radius 2 is 1.87 bits per heavy atom. The minimum atomic E-state index is -0.282. The van der Waals surface area contributed by atoms with E-state index in [9.17, 15) is 4.79 Å². The van der Waals surface area contributed by atoms with Crippen molar-refractivity contribution in [2.75, 3.05) is 20.2 Å². The Kier molecular flexibility index (Phi) is 7.05. The molecule has 0 aliphatic heterocycles. The molecule has 0 unspecified atom stereocenters. The van der Waals surface area contributed by atoms with E-state index in [1.807, 2.05) is 7.05 Å². The van der Waals surface area contributed by atoms with Gasteiger partial charge >= 0.3 is 5.97 Å². The summed E-state index contributed by atoms with van der Waals surface area (Å²) in [6, 6.07) is 0.510. The fourth-order valence-electron chi connectivity index (χ4n) is 1.64. The van der Waals surface area contributed by atoms with Gasteiger partial charge in [-0.15, -0.1) is 0 Å². The molecule has 0 rings (SSSR count). The van der Waals surface area contributed by atoms with Crippen LogP contribution in [-0.4, -0.2) is 37.1 Å². The topological polar surface area (TPSA) is 29.5 Å². The second-order valence-corrected chi connectivity index (χ2v) is 3.71. The number of esters is 1. The van der Waals surface area contributed by atoms with Crippen LogP contribution in [0.25, 0.3) is 0 Å². The van der Waals surface area contributed by atoms with E-state index in [0.717, 1.165) is 12.8 Å². The van der Waals surface area contributed by atoms with Gasteiger partial charge in [-0.1, -0.05) is 20.4 Å². The molecule has 0 aromatic carbocycles. The van der Waals surface area contributed by atoms with Crippen molar-refractivity contribution in [2.45, 2.75) is 39.7 Å². The van der Waals surface area contributed by atoms with Crippen molar-refractivity contribution < 1.29 is 9.53 Å². The van der Waals surface area contributed by atoms with Crippen LogP contribution in [0.1, 0.15) is 33.6 Å². The first-order valence-electron chi connectivity index (χ1n) is 5.61. The summed E-state index contributed by atoms with van der Waals surface area (Å²) in [5.74, 6) is -0.282.